The Balaban J connectivity index is 1.76. The van der Waals surface area contributed by atoms with Gasteiger partial charge in [-0.2, -0.15) is 0 Å². The predicted octanol–water partition coefficient (Wildman–Crippen LogP) is 4.80. The van der Waals surface area contributed by atoms with Crippen LogP contribution in [0.25, 0.3) is 0 Å². The van der Waals surface area contributed by atoms with Gasteiger partial charge in [-0.05, 0) is 48.7 Å². The molecule has 142 valence electrons. The van der Waals surface area contributed by atoms with Crippen LogP contribution in [0.5, 0.6) is 0 Å². The highest BCUT2D eigenvalue weighted by Gasteiger charge is 2.19. The first-order chi connectivity index (χ1) is 13.5. The van der Waals surface area contributed by atoms with Crippen LogP contribution >= 0.6 is 0 Å². The predicted molar refractivity (Wildman–Crippen MR) is 112 cm³/mol. The highest BCUT2D eigenvalue weighted by molar-refractivity contribution is 5.96. The molecule has 0 aliphatic carbocycles. The molecule has 4 nitrogen and oxygen atoms in total. The van der Waals surface area contributed by atoms with Gasteiger partial charge in [-0.15, -0.1) is 0 Å². The van der Waals surface area contributed by atoms with Gasteiger partial charge in [0, 0.05) is 11.3 Å². The first-order valence-corrected chi connectivity index (χ1v) is 9.31. The van der Waals surface area contributed by atoms with Gasteiger partial charge >= 0.3 is 0 Å². The van der Waals surface area contributed by atoms with Gasteiger partial charge in [0.05, 0.1) is 12.5 Å². The van der Waals surface area contributed by atoms with Crippen molar-refractivity contribution in [1.29, 1.82) is 0 Å². The van der Waals surface area contributed by atoms with Crippen molar-refractivity contribution in [3.63, 3.8) is 0 Å². The topological polar surface area (TPSA) is 58.2 Å². The Hall–Kier alpha value is -3.40. The summed E-state index contributed by atoms with van der Waals surface area (Å²) >= 11 is 0. The molecule has 3 rings (SSSR count). The van der Waals surface area contributed by atoms with Gasteiger partial charge in [-0.3, -0.25) is 9.59 Å². The second-order valence-corrected chi connectivity index (χ2v) is 6.80. The number of nitrogens with one attached hydrogen (secondary N) is 2. The largest absolute Gasteiger partial charge is 0.345 e. The lowest BCUT2D eigenvalue weighted by molar-refractivity contribution is -0.116. The van der Waals surface area contributed by atoms with E-state index in [9.17, 15) is 9.59 Å². The molecule has 0 aliphatic rings. The fourth-order valence-electron chi connectivity index (χ4n) is 3.04. The third kappa shape index (κ3) is 4.86. The minimum Gasteiger partial charge on any atom is -0.345 e. The van der Waals surface area contributed by atoms with E-state index in [0.29, 0.717) is 5.56 Å². The Morgan fingerprint density at radius 2 is 1.46 bits per heavy atom. The summed E-state index contributed by atoms with van der Waals surface area (Å²) < 4.78 is 0. The number of benzene rings is 3. The quantitative estimate of drug-likeness (QED) is 0.653. The number of rotatable bonds is 6. The van der Waals surface area contributed by atoms with Crippen LogP contribution in [0.3, 0.4) is 0 Å². The van der Waals surface area contributed by atoms with Crippen LogP contribution in [0.4, 0.5) is 5.69 Å². The molecule has 0 unspecified atom stereocenters. The molecule has 0 bridgehead atoms. The molecule has 2 N–H and O–H groups in total. The van der Waals surface area contributed by atoms with Crippen LogP contribution in [-0.4, -0.2) is 11.8 Å². The van der Waals surface area contributed by atoms with Crippen LogP contribution in [0.1, 0.15) is 39.5 Å². The van der Waals surface area contributed by atoms with Gasteiger partial charge in [0.2, 0.25) is 5.91 Å². The average molecular weight is 372 g/mol. The number of anilines is 1. The highest BCUT2D eigenvalue weighted by Crippen LogP contribution is 2.21. The zero-order valence-corrected chi connectivity index (χ0v) is 16.1. The van der Waals surface area contributed by atoms with E-state index in [0.717, 1.165) is 22.4 Å². The molecule has 3 aromatic carbocycles. The van der Waals surface area contributed by atoms with E-state index in [1.807, 2.05) is 80.6 Å². The van der Waals surface area contributed by atoms with Crippen LogP contribution in [0.15, 0.2) is 78.9 Å². The number of hydrogen-bond donors (Lipinski definition) is 2. The van der Waals surface area contributed by atoms with Gasteiger partial charge in [0.1, 0.15) is 0 Å². The second-order valence-electron chi connectivity index (χ2n) is 6.80. The summed E-state index contributed by atoms with van der Waals surface area (Å²) in [6, 6.07) is 24.0. The van der Waals surface area contributed by atoms with Crippen molar-refractivity contribution in [3.05, 3.63) is 101 Å². The molecule has 28 heavy (non-hydrogen) atoms. The van der Waals surface area contributed by atoms with E-state index in [-0.39, 0.29) is 18.2 Å². The summed E-state index contributed by atoms with van der Waals surface area (Å²) in [5.74, 6) is -0.343. The Kier molecular flexibility index (Phi) is 6.22. The normalized spacial score (nSPS) is 11.5. The first kappa shape index (κ1) is 19.4. The standard InChI is InChI=1S/C24H24N2O2/c1-17-10-9-15-21(18(17)2)25-23(27)16-22(19-11-5-3-6-12-19)26-24(28)20-13-7-4-8-14-20/h3-15,22H,16H2,1-2H3,(H,25,27)(H,26,28)/t22-/m1/s1. The van der Waals surface area contributed by atoms with Crippen molar-refractivity contribution in [2.24, 2.45) is 0 Å². The van der Waals surface area contributed by atoms with Gasteiger partial charge < -0.3 is 10.6 Å². The zero-order valence-electron chi connectivity index (χ0n) is 16.1. The SMILES string of the molecule is Cc1cccc(NC(=O)C[C@@H](NC(=O)c2ccccc2)c2ccccc2)c1C. The van der Waals surface area contributed by atoms with Gasteiger partial charge in [0.25, 0.3) is 5.91 Å². The maximum atomic E-state index is 12.7. The van der Waals surface area contributed by atoms with Crippen molar-refractivity contribution >= 4 is 17.5 Å². The molecule has 0 saturated carbocycles. The Morgan fingerprint density at radius 3 is 2.14 bits per heavy atom. The summed E-state index contributed by atoms with van der Waals surface area (Å²) in [6.07, 6.45) is 0.149. The molecular formula is C24H24N2O2. The Labute approximate surface area is 165 Å². The van der Waals surface area contributed by atoms with Gasteiger partial charge in [-0.1, -0.05) is 60.7 Å². The average Bonchev–Trinajstić information content (AvgIpc) is 2.72. The van der Waals surface area contributed by atoms with E-state index >= 15 is 0 Å². The molecule has 1 atom stereocenters. The van der Waals surface area contributed by atoms with Crippen LogP contribution < -0.4 is 10.6 Å². The van der Waals surface area contributed by atoms with E-state index < -0.39 is 6.04 Å². The summed E-state index contributed by atoms with van der Waals surface area (Å²) in [5.41, 5.74) is 4.42. The molecule has 0 radical (unpaired) electrons. The van der Waals surface area contributed by atoms with Crippen molar-refractivity contribution in [3.8, 4) is 0 Å². The molecule has 2 amide bonds. The van der Waals surface area contributed by atoms with Gasteiger partial charge in [0.15, 0.2) is 0 Å². The molecular weight excluding hydrogens is 348 g/mol. The molecule has 0 heterocycles. The third-order valence-corrected chi connectivity index (χ3v) is 4.81. The maximum Gasteiger partial charge on any atom is 0.251 e. The Morgan fingerprint density at radius 1 is 0.821 bits per heavy atom. The number of carbonyl (C=O) groups is 2. The second kappa shape index (κ2) is 9.00. The summed E-state index contributed by atoms with van der Waals surface area (Å²) in [5, 5.41) is 5.97. The lowest BCUT2D eigenvalue weighted by Crippen LogP contribution is -2.31. The minimum absolute atomic E-state index is 0.143. The lowest BCUT2D eigenvalue weighted by atomic mass is 10.0. The molecule has 4 heteroatoms. The number of amides is 2. The minimum atomic E-state index is -0.418. The lowest BCUT2D eigenvalue weighted by Gasteiger charge is -2.20. The fraction of sp³-hybridized carbons (Fsp3) is 0.167. The maximum absolute atomic E-state index is 12.7. The molecule has 0 fully saturated rings. The van der Waals surface area contributed by atoms with Crippen LogP contribution in [0.2, 0.25) is 0 Å². The fourth-order valence-corrected chi connectivity index (χ4v) is 3.04. The van der Waals surface area contributed by atoms with E-state index in [2.05, 4.69) is 10.6 Å². The van der Waals surface area contributed by atoms with E-state index in [4.69, 9.17) is 0 Å². The van der Waals surface area contributed by atoms with Crippen molar-refractivity contribution in [2.75, 3.05) is 5.32 Å². The zero-order chi connectivity index (χ0) is 19.9. The number of carbonyl (C=O) groups excluding carboxylic acids is 2. The molecule has 0 spiro atoms. The third-order valence-electron chi connectivity index (χ3n) is 4.81. The van der Waals surface area contributed by atoms with E-state index in [1.54, 1.807) is 12.1 Å². The first-order valence-electron chi connectivity index (χ1n) is 9.31. The molecule has 0 aromatic heterocycles. The Bertz CT molecular complexity index is 953. The molecule has 0 saturated heterocycles. The molecule has 3 aromatic rings. The smallest absolute Gasteiger partial charge is 0.251 e. The summed E-state index contributed by atoms with van der Waals surface area (Å²) in [4.78, 5) is 25.3. The number of hydrogen-bond acceptors (Lipinski definition) is 2. The van der Waals surface area contributed by atoms with Crippen molar-refractivity contribution in [2.45, 2.75) is 26.3 Å². The van der Waals surface area contributed by atoms with E-state index in [1.165, 1.54) is 0 Å². The number of aryl methyl sites for hydroxylation is 1. The summed E-state index contributed by atoms with van der Waals surface area (Å²) in [7, 11) is 0. The summed E-state index contributed by atoms with van der Waals surface area (Å²) in [6.45, 7) is 3.99. The van der Waals surface area contributed by atoms with Crippen molar-refractivity contribution in [1.82, 2.24) is 5.32 Å². The highest BCUT2D eigenvalue weighted by atomic mass is 16.2. The van der Waals surface area contributed by atoms with Crippen LogP contribution in [-0.2, 0) is 4.79 Å². The van der Waals surface area contributed by atoms with Crippen LogP contribution in [0, 0.1) is 13.8 Å². The monoisotopic (exact) mass is 372 g/mol. The van der Waals surface area contributed by atoms with Crippen molar-refractivity contribution < 1.29 is 9.59 Å². The molecule has 0 aliphatic heterocycles. The van der Waals surface area contributed by atoms with Gasteiger partial charge in [-0.25, -0.2) is 0 Å².